The first-order valence-corrected chi connectivity index (χ1v) is 5.75. The van der Waals surface area contributed by atoms with Crippen molar-refractivity contribution in [3.05, 3.63) is 59.0 Å². The van der Waals surface area contributed by atoms with Crippen LogP contribution in [-0.4, -0.2) is 16.1 Å². The van der Waals surface area contributed by atoms with E-state index < -0.39 is 5.97 Å². The fraction of sp³-hybridized carbons (Fsp3) is 0.143. The first-order valence-electron chi connectivity index (χ1n) is 5.75. The molecule has 0 aliphatic rings. The lowest BCUT2D eigenvalue weighted by atomic mass is 10.1. The van der Waals surface area contributed by atoms with E-state index in [0.29, 0.717) is 17.9 Å². The molecule has 0 aliphatic carbocycles. The summed E-state index contributed by atoms with van der Waals surface area (Å²) in [6.07, 6.45) is 1.28. The normalized spacial score (nSPS) is 10.2. The third-order valence-corrected chi connectivity index (χ3v) is 2.85. The molecule has 2 N–H and O–H groups in total. The number of carbonyl (C=O) groups is 1. The number of rotatable bonds is 4. The van der Waals surface area contributed by atoms with Crippen LogP contribution in [0, 0.1) is 12.7 Å². The van der Waals surface area contributed by atoms with Gasteiger partial charge in [-0.15, -0.1) is 0 Å². The lowest BCUT2D eigenvalue weighted by molar-refractivity contribution is 0.0696. The molecule has 5 heteroatoms. The Hall–Kier alpha value is -2.43. The first-order chi connectivity index (χ1) is 9.08. The summed E-state index contributed by atoms with van der Waals surface area (Å²) >= 11 is 0. The van der Waals surface area contributed by atoms with Gasteiger partial charge in [-0.1, -0.05) is 12.1 Å². The van der Waals surface area contributed by atoms with Gasteiger partial charge in [0.1, 0.15) is 11.6 Å². The third-order valence-electron chi connectivity index (χ3n) is 2.85. The maximum Gasteiger partial charge on any atom is 0.337 e. The molecule has 0 saturated heterocycles. The zero-order valence-electron chi connectivity index (χ0n) is 10.4. The molecule has 0 radical (unpaired) electrons. The van der Waals surface area contributed by atoms with Gasteiger partial charge in [0.05, 0.1) is 5.56 Å². The Labute approximate surface area is 109 Å². The number of pyridine rings is 1. The van der Waals surface area contributed by atoms with Crippen LogP contribution in [0.3, 0.4) is 0 Å². The average Bonchev–Trinajstić information content (AvgIpc) is 2.41. The minimum Gasteiger partial charge on any atom is -0.478 e. The van der Waals surface area contributed by atoms with Crippen LogP contribution in [-0.2, 0) is 6.54 Å². The topological polar surface area (TPSA) is 62.2 Å². The van der Waals surface area contributed by atoms with E-state index >= 15 is 0 Å². The molecule has 0 fully saturated rings. The summed E-state index contributed by atoms with van der Waals surface area (Å²) in [6.45, 7) is 2.15. The van der Waals surface area contributed by atoms with E-state index in [1.54, 1.807) is 19.1 Å². The molecule has 0 saturated carbocycles. The number of carboxylic acid groups (broad SMARTS) is 1. The SMILES string of the molecule is Cc1c(F)cccc1CNc1ccc(C(=O)O)cn1. The Morgan fingerprint density at radius 3 is 2.79 bits per heavy atom. The minimum atomic E-state index is -1.01. The van der Waals surface area contributed by atoms with Gasteiger partial charge in [-0.05, 0) is 36.2 Å². The number of carboxylic acids is 1. The Morgan fingerprint density at radius 1 is 1.37 bits per heavy atom. The van der Waals surface area contributed by atoms with Gasteiger partial charge in [-0.3, -0.25) is 0 Å². The van der Waals surface area contributed by atoms with E-state index in [0.717, 1.165) is 5.56 Å². The van der Waals surface area contributed by atoms with Crippen molar-refractivity contribution in [2.24, 2.45) is 0 Å². The van der Waals surface area contributed by atoms with Crippen LogP contribution < -0.4 is 5.32 Å². The molecule has 0 unspecified atom stereocenters. The number of benzene rings is 1. The van der Waals surface area contributed by atoms with Gasteiger partial charge in [-0.25, -0.2) is 14.2 Å². The maximum absolute atomic E-state index is 13.3. The van der Waals surface area contributed by atoms with Crippen LogP contribution in [0.15, 0.2) is 36.5 Å². The zero-order chi connectivity index (χ0) is 13.8. The average molecular weight is 260 g/mol. The van der Waals surface area contributed by atoms with Gasteiger partial charge >= 0.3 is 5.97 Å². The summed E-state index contributed by atoms with van der Waals surface area (Å²) in [6, 6.07) is 7.95. The second-order valence-electron chi connectivity index (χ2n) is 4.11. The molecule has 19 heavy (non-hydrogen) atoms. The van der Waals surface area contributed by atoms with Crippen LogP contribution >= 0.6 is 0 Å². The number of aromatic carboxylic acids is 1. The summed E-state index contributed by atoms with van der Waals surface area (Å²) in [4.78, 5) is 14.7. The standard InChI is InChI=1S/C14H13FN2O2/c1-9-10(3-2-4-12(9)15)7-16-13-6-5-11(8-17-13)14(18)19/h2-6,8H,7H2,1H3,(H,16,17)(H,18,19). The maximum atomic E-state index is 13.3. The van der Waals surface area contributed by atoms with Crippen molar-refractivity contribution < 1.29 is 14.3 Å². The molecule has 98 valence electrons. The van der Waals surface area contributed by atoms with Gasteiger partial charge in [-0.2, -0.15) is 0 Å². The van der Waals surface area contributed by atoms with E-state index in [-0.39, 0.29) is 11.4 Å². The summed E-state index contributed by atoms with van der Waals surface area (Å²) in [5.41, 5.74) is 1.56. The van der Waals surface area contributed by atoms with Gasteiger partial charge < -0.3 is 10.4 Å². The van der Waals surface area contributed by atoms with Crippen molar-refractivity contribution in [3.63, 3.8) is 0 Å². The number of nitrogens with one attached hydrogen (secondary N) is 1. The monoisotopic (exact) mass is 260 g/mol. The highest BCUT2D eigenvalue weighted by molar-refractivity contribution is 5.87. The second-order valence-corrected chi connectivity index (χ2v) is 4.11. The van der Waals surface area contributed by atoms with Crippen molar-refractivity contribution in [1.82, 2.24) is 4.98 Å². The molecule has 0 spiro atoms. The lowest BCUT2D eigenvalue weighted by Crippen LogP contribution is -2.05. The molecular formula is C14H13FN2O2. The molecule has 4 nitrogen and oxygen atoms in total. The van der Waals surface area contributed by atoms with Crippen LogP contribution in [0.4, 0.5) is 10.2 Å². The fourth-order valence-electron chi connectivity index (χ4n) is 1.65. The number of halogens is 1. The molecular weight excluding hydrogens is 247 g/mol. The van der Waals surface area contributed by atoms with Crippen LogP contribution in [0.5, 0.6) is 0 Å². The van der Waals surface area contributed by atoms with E-state index in [1.165, 1.54) is 18.3 Å². The number of hydrogen-bond acceptors (Lipinski definition) is 3. The Kier molecular flexibility index (Phi) is 3.75. The second kappa shape index (κ2) is 5.48. The van der Waals surface area contributed by atoms with Crippen LogP contribution in [0.25, 0.3) is 0 Å². The number of nitrogens with zero attached hydrogens (tertiary/aromatic N) is 1. The number of hydrogen-bond donors (Lipinski definition) is 2. The molecule has 2 aromatic rings. The van der Waals surface area contributed by atoms with Crippen LogP contribution in [0.2, 0.25) is 0 Å². The van der Waals surface area contributed by atoms with Gasteiger partial charge in [0.15, 0.2) is 0 Å². The summed E-state index contributed by atoms with van der Waals surface area (Å²) in [5, 5.41) is 11.8. The molecule has 2 rings (SSSR count). The molecule has 1 aromatic heterocycles. The molecule has 1 aromatic carbocycles. The van der Waals surface area contributed by atoms with Crippen molar-refractivity contribution in [3.8, 4) is 0 Å². The Balaban J connectivity index is 2.06. The fourth-order valence-corrected chi connectivity index (χ4v) is 1.65. The molecule has 0 atom stereocenters. The smallest absolute Gasteiger partial charge is 0.337 e. The number of aromatic nitrogens is 1. The molecule has 0 bridgehead atoms. The Morgan fingerprint density at radius 2 is 2.16 bits per heavy atom. The lowest BCUT2D eigenvalue weighted by Gasteiger charge is -2.09. The van der Waals surface area contributed by atoms with Gasteiger partial charge in [0.2, 0.25) is 0 Å². The third kappa shape index (κ3) is 3.07. The summed E-state index contributed by atoms with van der Waals surface area (Å²) < 4.78 is 13.3. The molecule has 1 heterocycles. The van der Waals surface area contributed by atoms with E-state index in [9.17, 15) is 9.18 Å². The summed E-state index contributed by atoms with van der Waals surface area (Å²) in [5.74, 6) is -0.706. The minimum absolute atomic E-state index is 0.132. The van der Waals surface area contributed by atoms with Gasteiger partial charge in [0.25, 0.3) is 0 Å². The predicted molar refractivity (Wildman–Crippen MR) is 69.7 cm³/mol. The predicted octanol–water partition coefficient (Wildman–Crippen LogP) is 2.84. The highest BCUT2D eigenvalue weighted by Gasteiger charge is 2.05. The van der Waals surface area contributed by atoms with Crippen molar-refractivity contribution in [2.75, 3.05) is 5.32 Å². The largest absolute Gasteiger partial charge is 0.478 e. The Bertz CT molecular complexity index is 597. The van der Waals surface area contributed by atoms with E-state index in [2.05, 4.69) is 10.3 Å². The molecule has 0 aliphatic heterocycles. The first kappa shape index (κ1) is 13.0. The number of anilines is 1. The highest BCUT2D eigenvalue weighted by atomic mass is 19.1. The van der Waals surface area contributed by atoms with Gasteiger partial charge in [0, 0.05) is 12.7 Å². The van der Waals surface area contributed by atoms with E-state index in [4.69, 9.17) is 5.11 Å². The van der Waals surface area contributed by atoms with Crippen molar-refractivity contribution >= 4 is 11.8 Å². The van der Waals surface area contributed by atoms with E-state index in [1.807, 2.05) is 6.07 Å². The molecule has 0 amide bonds. The zero-order valence-corrected chi connectivity index (χ0v) is 10.4. The summed E-state index contributed by atoms with van der Waals surface area (Å²) in [7, 11) is 0. The van der Waals surface area contributed by atoms with Crippen LogP contribution in [0.1, 0.15) is 21.5 Å². The van der Waals surface area contributed by atoms with Crippen molar-refractivity contribution in [2.45, 2.75) is 13.5 Å². The van der Waals surface area contributed by atoms with Crippen molar-refractivity contribution in [1.29, 1.82) is 0 Å². The quantitative estimate of drug-likeness (QED) is 0.887. The highest BCUT2D eigenvalue weighted by Crippen LogP contribution is 2.14.